The highest BCUT2D eigenvalue weighted by Gasteiger charge is 2.53. The molecule has 0 amide bonds. The van der Waals surface area contributed by atoms with E-state index in [4.69, 9.17) is 10.5 Å². The number of rotatable bonds is 4. The molecule has 0 unspecified atom stereocenters. The van der Waals surface area contributed by atoms with Crippen molar-refractivity contribution in [2.45, 2.75) is 57.3 Å². The molecule has 2 fully saturated rings. The zero-order valence-electron chi connectivity index (χ0n) is 19.2. The van der Waals surface area contributed by atoms with Gasteiger partial charge in [0.2, 0.25) is 0 Å². The number of aromatic nitrogens is 5. The molecule has 5 heterocycles. The molecule has 33 heavy (non-hydrogen) atoms. The molecule has 1 saturated carbocycles. The first-order valence-electron chi connectivity index (χ1n) is 11.7. The summed E-state index contributed by atoms with van der Waals surface area (Å²) in [6.07, 6.45) is 10.1. The molecule has 6 rings (SSSR count). The number of pyridine rings is 1. The summed E-state index contributed by atoms with van der Waals surface area (Å²) < 4.78 is 12.2. The second-order valence-electron chi connectivity index (χ2n) is 10.3. The highest BCUT2D eigenvalue weighted by atomic mass is 79.9. The van der Waals surface area contributed by atoms with E-state index in [9.17, 15) is 0 Å². The maximum absolute atomic E-state index is 6.64. The molecule has 0 spiro atoms. The van der Waals surface area contributed by atoms with Crippen LogP contribution in [0, 0.1) is 11.8 Å². The van der Waals surface area contributed by atoms with E-state index in [1.165, 1.54) is 11.2 Å². The van der Waals surface area contributed by atoms with Crippen LogP contribution in [0.15, 0.2) is 41.4 Å². The van der Waals surface area contributed by atoms with Gasteiger partial charge in [-0.05, 0) is 85.5 Å². The Balaban J connectivity index is 1.29. The number of anilines is 1. The molecular formula is C25H29BrN6O. The third kappa shape index (κ3) is 3.46. The number of ether oxygens (including phenoxy) is 1. The van der Waals surface area contributed by atoms with Crippen LogP contribution < -0.4 is 5.73 Å². The van der Waals surface area contributed by atoms with Crippen molar-refractivity contribution in [3.05, 3.63) is 47.1 Å². The average molecular weight is 509 g/mol. The second kappa shape index (κ2) is 7.53. The molecule has 4 aromatic rings. The summed E-state index contributed by atoms with van der Waals surface area (Å²) in [5.41, 5.74) is 10.5. The third-order valence-corrected chi connectivity index (χ3v) is 8.20. The third-order valence-electron chi connectivity index (χ3n) is 7.76. The predicted octanol–water partition coefficient (Wildman–Crippen LogP) is 5.04. The van der Waals surface area contributed by atoms with Crippen LogP contribution in [0.2, 0.25) is 0 Å². The van der Waals surface area contributed by atoms with Crippen LogP contribution in [0.3, 0.4) is 0 Å². The zero-order valence-corrected chi connectivity index (χ0v) is 20.8. The molecule has 2 aliphatic rings. The molecule has 0 aromatic carbocycles. The van der Waals surface area contributed by atoms with E-state index in [2.05, 4.69) is 79.2 Å². The molecule has 1 saturated heterocycles. The number of hydrogen-bond donors (Lipinski definition) is 1. The van der Waals surface area contributed by atoms with Crippen molar-refractivity contribution in [2.75, 3.05) is 5.73 Å². The number of nitrogen functional groups attached to an aromatic ring is 1. The standard InChI is InChI=1S/C25H29BrN6O/c1-25(2)11-18-14(4-5-16-10-19-20(31(16)3)9-15(26)12-28-19)8-21(22(18)33-25)32-7-6-17-23(27)29-13-30-24(17)32/h6-7,9-10,12-14,18,21-22H,4-5,8,11H2,1-3H3,(H2,27,29,30)/t14-,18+,21+,22+/m0/s1. The Morgan fingerprint density at radius 3 is 2.94 bits per heavy atom. The van der Waals surface area contributed by atoms with Gasteiger partial charge in [-0.15, -0.1) is 0 Å². The maximum atomic E-state index is 6.64. The quantitative estimate of drug-likeness (QED) is 0.417. The fraction of sp³-hybridized carbons (Fsp3) is 0.480. The molecule has 0 bridgehead atoms. The highest BCUT2D eigenvalue weighted by molar-refractivity contribution is 9.10. The summed E-state index contributed by atoms with van der Waals surface area (Å²) in [4.78, 5) is 13.3. The van der Waals surface area contributed by atoms with Gasteiger partial charge in [-0.25, -0.2) is 9.97 Å². The second-order valence-corrected chi connectivity index (χ2v) is 11.2. The lowest BCUT2D eigenvalue weighted by Gasteiger charge is -2.25. The van der Waals surface area contributed by atoms with Gasteiger partial charge in [0.05, 0.1) is 34.2 Å². The van der Waals surface area contributed by atoms with Crippen molar-refractivity contribution < 1.29 is 4.74 Å². The number of nitrogens with zero attached hydrogens (tertiary/aromatic N) is 5. The van der Waals surface area contributed by atoms with Gasteiger partial charge >= 0.3 is 0 Å². The summed E-state index contributed by atoms with van der Waals surface area (Å²) >= 11 is 3.55. The Morgan fingerprint density at radius 1 is 1.24 bits per heavy atom. The van der Waals surface area contributed by atoms with Gasteiger partial charge in [0, 0.05) is 29.6 Å². The van der Waals surface area contributed by atoms with E-state index >= 15 is 0 Å². The van der Waals surface area contributed by atoms with Crippen LogP contribution in [0.25, 0.3) is 22.1 Å². The number of aryl methyl sites for hydroxylation is 2. The number of nitrogens with two attached hydrogens (primary N) is 1. The number of fused-ring (bicyclic) bond motifs is 3. The zero-order chi connectivity index (χ0) is 22.9. The Kier molecular flexibility index (Phi) is 4.82. The summed E-state index contributed by atoms with van der Waals surface area (Å²) in [6.45, 7) is 4.45. The van der Waals surface area contributed by atoms with Gasteiger partial charge in [-0.2, -0.15) is 0 Å². The van der Waals surface area contributed by atoms with E-state index in [1.807, 2.05) is 12.3 Å². The van der Waals surface area contributed by atoms with Crippen LogP contribution in [0.5, 0.6) is 0 Å². The molecule has 4 aromatic heterocycles. The van der Waals surface area contributed by atoms with Crippen molar-refractivity contribution in [1.29, 1.82) is 0 Å². The van der Waals surface area contributed by atoms with Gasteiger partial charge in [-0.3, -0.25) is 4.98 Å². The van der Waals surface area contributed by atoms with Crippen molar-refractivity contribution >= 4 is 43.8 Å². The van der Waals surface area contributed by atoms with Crippen LogP contribution in [-0.4, -0.2) is 35.8 Å². The lowest BCUT2D eigenvalue weighted by molar-refractivity contribution is -0.0346. The predicted molar refractivity (Wildman–Crippen MR) is 133 cm³/mol. The molecule has 2 N–H and O–H groups in total. The van der Waals surface area contributed by atoms with Crippen molar-refractivity contribution in [3.8, 4) is 0 Å². The van der Waals surface area contributed by atoms with Crippen molar-refractivity contribution in [2.24, 2.45) is 18.9 Å². The normalized spacial score (nSPS) is 26.4. The fourth-order valence-electron chi connectivity index (χ4n) is 6.27. The van der Waals surface area contributed by atoms with Gasteiger partial charge in [-0.1, -0.05) is 0 Å². The highest BCUT2D eigenvalue weighted by Crippen LogP contribution is 2.53. The lowest BCUT2D eigenvalue weighted by atomic mass is 9.85. The fourth-order valence-corrected chi connectivity index (χ4v) is 6.59. The molecule has 1 aliphatic heterocycles. The summed E-state index contributed by atoms with van der Waals surface area (Å²) in [7, 11) is 2.14. The van der Waals surface area contributed by atoms with Crippen LogP contribution in [-0.2, 0) is 18.2 Å². The van der Waals surface area contributed by atoms with Crippen LogP contribution in [0.4, 0.5) is 5.82 Å². The lowest BCUT2D eigenvalue weighted by Crippen LogP contribution is -2.26. The molecule has 7 nitrogen and oxygen atoms in total. The summed E-state index contributed by atoms with van der Waals surface area (Å²) in [6, 6.07) is 6.68. The maximum Gasteiger partial charge on any atom is 0.145 e. The molecule has 4 atom stereocenters. The Hall–Kier alpha value is -2.45. The number of hydrogen-bond acceptors (Lipinski definition) is 5. The summed E-state index contributed by atoms with van der Waals surface area (Å²) in [5, 5.41) is 0.920. The average Bonchev–Trinajstić information content (AvgIpc) is 3.49. The first-order valence-corrected chi connectivity index (χ1v) is 12.4. The first kappa shape index (κ1) is 21.1. The van der Waals surface area contributed by atoms with Crippen LogP contribution >= 0.6 is 15.9 Å². The largest absolute Gasteiger partial charge is 0.383 e. The van der Waals surface area contributed by atoms with Gasteiger partial charge in [0.1, 0.15) is 17.8 Å². The monoisotopic (exact) mass is 508 g/mol. The van der Waals surface area contributed by atoms with Crippen molar-refractivity contribution in [1.82, 2.24) is 24.1 Å². The minimum absolute atomic E-state index is 0.0981. The number of halogens is 1. The topological polar surface area (TPSA) is 83.8 Å². The molecular weight excluding hydrogens is 480 g/mol. The van der Waals surface area contributed by atoms with Gasteiger partial charge in [0.15, 0.2) is 0 Å². The molecule has 1 aliphatic carbocycles. The Bertz CT molecular complexity index is 1360. The smallest absolute Gasteiger partial charge is 0.145 e. The Morgan fingerprint density at radius 2 is 2.09 bits per heavy atom. The molecule has 8 heteroatoms. The minimum atomic E-state index is -0.0981. The van der Waals surface area contributed by atoms with E-state index in [0.717, 1.165) is 46.7 Å². The van der Waals surface area contributed by atoms with Gasteiger partial charge in [0.25, 0.3) is 0 Å². The van der Waals surface area contributed by atoms with E-state index in [1.54, 1.807) is 6.33 Å². The van der Waals surface area contributed by atoms with E-state index in [-0.39, 0.29) is 17.7 Å². The SMILES string of the molecule is Cn1c(CC[C@H]2C[C@@H](n3ccc4c(N)ncnc43)[C@@H]3OC(C)(C)C[C@H]23)cc2ncc(Br)cc21. The van der Waals surface area contributed by atoms with E-state index in [0.29, 0.717) is 17.7 Å². The molecule has 0 radical (unpaired) electrons. The van der Waals surface area contributed by atoms with Crippen LogP contribution in [0.1, 0.15) is 44.8 Å². The first-order chi connectivity index (χ1) is 15.8. The Labute approximate surface area is 201 Å². The summed E-state index contributed by atoms with van der Waals surface area (Å²) in [5.74, 6) is 1.67. The van der Waals surface area contributed by atoms with Gasteiger partial charge < -0.3 is 19.6 Å². The van der Waals surface area contributed by atoms with E-state index < -0.39 is 0 Å². The molecule has 172 valence electrons. The minimum Gasteiger partial charge on any atom is -0.383 e. The van der Waals surface area contributed by atoms with Crippen molar-refractivity contribution in [3.63, 3.8) is 0 Å².